The Morgan fingerprint density at radius 3 is 2.71 bits per heavy atom. The Labute approximate surface area is 125 Å². The van der Waals surface area contributed by atoms with E-state index in [2.05, 4.69) is 25.6 Å². The van der Waals surface area contributed by atoms with E-state index >= 15 is 0 Å². The minimum atomic E-state index is -0.258. The molecule has 0 aliphatic heterocycles. The first-order valence-corrected chi connectivity index (χ1v) is 7.39. The van der Waals surface area contributed by atoms with Crippen LogP contribution in [0.1, 0.15) is 37.0 Å². The molecule has 0 aromatic carbocycles. The molecule has 21 heavy (non-hydrogen) atoms. The van der Waals surface area contributed by atoms with Crippen LogP contribution < -0.4 is 10.6 Å². The number of anilines is 2. The maximum absolute atomic E-state index is 13.0. The van der Waals surface area contributed by atoms with Crippen LogP contribution in [-0.2, 0) is 4.79 Å². The van der Waals surface area contributed by atoms with E-state index in [0.29, 0.717) is 18.2 Å². The third kappa shape index (κ3) is 4.19. The van der Waals surface area contributed by atoms with Crippen LogP contribution in [0.2, 0.25) is 0 Å². The zero-order valence-electron chi connectivity index (χ0n) is 12.0. The van der Waals surface area contributed by atoms with Gasteiger partial charge in [-0.05, 0) is 19.9 Å². The molecule has 0 radical (unpaired) electrons. The van der Waals surface area contributed by atoms with Crippen LogP contribution >= 0.6 is 11.3 Å². The SMILES string of the molecule is CCC(=O)Nc1nc(C)nc(NC(C)c2cc(F)cs2)n1. The van der Waals surface area contributed by atoms with Crippen molar-refractivity contribution in [2.75, 3.05) is 10.6 Å². The number of halogens is 1. The van der Waals surface area contributed by atoms with E-state index in [1.54, 1.807) is 13.8 Å². The lowest BCUT2D eigenvalue weighted by Gasteiger charge is -2.13. The Hall–Kier alpha value is -2.09. The van der Waals surface area contributed by atoms with Crippen molar-refractivity contribution in [2.24, 2.45) is 0 Å². The fraction of sp³-hybridized carbons (Fsp3) is 0.385. The molecule has 0 saturated carbocycles. The molecule has 2 heterocycles. The highest BCUT2D eigenvalue weighted by molar-refractivity contribution is 7.10. The molecule has 112 valence electrons. The zero-order chi connectivity index (χ0) is 15.4. The van der Waals surface area contributed by atoms with Gasteiger partial charge in [0.15, 0.2) is 0 Å². The molecule has 0 saturated heterocycles. The molecule has 2 aromatic heterocycles. The van der Waals surface area contributed by atoms with Crippen molar-refractivity contribution in [1.82, 2.24) is 15.0 Å². The fourth-order valence-corrected chi connectivity index (χ4v) is 2.40. The Morgan fingerprint density at radius 2 is 2.10 bits per heavy atom. The third-order valence-corrected chi connectivity index (χ3v) is 3.77. The van der Waals surface area contributed by atoms with Crippen molar-refractivity contribution in [3.8, 4) is 0 Å². The highest BCUT2D eigenvalue weighted by Gasteiger charge is 2.12. The lowest BCUT2D eigenvalue weighted by molar-refractivity contribution is -0.115. The van der Waals surface area contributed by atoms with Crippen molar-refractivity contribution >= 4 is 29.1 Å². The quantitative estimate of drug-likeness (QED) is 0.887. The Kier molecular flexibility index (Phi) is 4.79. The summed E-state index contributed by atoms with van der Waals surface area (Å²) in [5, 5.41) is 7.11. The lowest BCUT2D eigenvalue weighted by atomic mass is 10.3. The number of hydrogen-bond acceptors (Lipinski definition) is 6. The largest absolute Gasteiger partial charge is 0.347 e. The van der Waals surface area contributed by atoms with Gasteiger partial charge in [0.25, 0.3) is 0 Å². The molecule has 1 unspecified atom stereocenters. The van der Waals surface area contributed by atoms with Crippen LogP contribution in [0.5, 0.6) is 0 Å². The number of nitrogens with zero attached hydrogens (tertiary/aromatic N) is 3. The summed E-state index contributed by atoms with van der Waals surface area (Å²) in [5.74, 6) is 0.617. The van der Waals surface area contributed by atoms with Crippen LogP contribution in [-0.4, -0.2) is 20.9 Å². The van der Waals surface area contributed by atoms with Gasteiger partial charge in [0.2, 0.25) is 17.8 Å². The smallest absolute Gasteiger partial charge is 0.234 e. The topological polar surface area (TPSA) is 79.8 Å². The molecule has 0 spiro atoms. The van der Waals surface area contributed by atoms with Gasteiger partial charge in [-0.15, -0.1) is 11.3 Å². The summed E-state index contributed by atoms with van der Waals surface area (Å²) in [5.41, 5.74) is 0. The number of carbonyl (C=O) groups is 1. The summed E-state index contributed by atoms with van der Waals surface area (Å²) in [7, 11) is 0. The van der Waals surface area contributed by atoms with E-state index in [0.717, 1.165) is 4.88 Å². The maximum atomic E-state index is 13.0. The molecule has 8 heteroatoms. The van der Waals surface area contributed by atoms with Crippen molar-refractivity contribution in [3.05, 3.63) is 28.0 Å². The van der Waals surface area contributed by atoms with Gasteiger partial charge in [0.05, 0.1) is 6.04 Å². The van der Waals surface area contributed by atoms with E-state index in [9.17, 15) is 9.18 Å². The number of hydrogen-bond donors (Lipinski definition) is 2. The second-order valence-corrected chi connectivity index (χ2v) is 5.41. The van der Waals surface area contributed by atoms with E-state index in [-0.39, 0.29) is 23.7 Å². The minimum Gasteiger partial charge on any atom is -0.347 e. The molecule has 0 bridgehead atoms. The molecular weight excluding hydrogens is 293 g/mol. The van der Waals surface area contributed by atoms with E-state index in [1.807, 2.05) is 6.92 Å². The molecule has 2 N–H and O–H groups in total. The first-order chi connectivity index (χ1) is 9.97. The van der Waals surface area contributed by atoms with Gasteiger partial charge in [0, 0.05) is 16.7 Å². The van der Waals surface area contributed by atoms with Crippen molar-refractivity contribution < 1.29 is 9.18 Å². The van der Waals surface area contributed by atoms with Gasteiger partial charge in [-0.1, -0.05) is 6.92 Å². The molecule has 2 aromatic rings. The first-order valence-electron chi connectivity index (χ1n) is 6.51. The number of rotatable bonds is 5. The number of amides is 1. The monoisotopic (exact) mass is 309 g/mol. The van der Waals surface area contributed by atoms with Gasteiger partial charge in [-0.3, -0.25) is 10.1 Å². The average Bonchev–Trinajstić information content (AvgIpc) is 2.84. The summed E-state index contributed by atoms with van der Waals surface area (Å²) < 4.78 is 13.0. The van der Waals surface area contributed by atoms with Gasteiger partial charge in [-0.2, -0.15) is 15.0 Å². The number of nitrogens with one attached hydrogen (secondary N) is 2. The Morgan fingerprint density at radius 1 is 1.38 bits per heavy atom. The van der Waals surface area contributed by atoms with Crippen molar-refractivity contribution in [3.63, 3.8) is 0 Å². The third-order valence-electron chi connectivity index (χ3n) is 2.68. The van der Waals surface area contributed by atoms with Crippen LogP contribution in [0, 0.1) is 12.7 Å². The van der Waals surface area contributed by atoms with Gasteiger partial charge in [0.1, 0.15) is 11.6 Å². The second-order valence-electron chi connectivity index (χ2n) is 4.46. The fourth-order valence-electron chi connectivity index (χ4n) is 1.64. The molecule has 0 aliphatic carbocycles. The van der Waals surface area contributed by atoms with Crippen LogP contribution in [0.15, 0.2) is 11.4 Å². The van der Waals surface area contributed by atoms with Crippen LogP contribution in [0.3, 0.4) is 0 Å². The molecular formula is C13H16FN5OS. The van der Waals surface area contributed by atoms with Crippen molar-refractivity contribution in [1.29, 1.82) is 0 Å². The summed E-state index contributed by atoms with van der Waals surface area (Å²) in [6.45, 7) is 5.34. The van der Waals surface area contributed by atoms with E-state index in [4.69, 9.17) is 0 Å². The lowest BCUT2D eigenvalue weighted by Crippen LogP contribution is -2.16. The molecule has 2 rings (SSSR count). The average molecular weight is 309 g/mol. The van der Waals surface area contributed by atoms with Gasteiger partial charge < -0.3 is 5.32 Å². The molecule has 1 amide bonds. The molecule has 6 nitrogen and oxygen atoms in total. The first kappa shape index (κ1) is 15.3. The highest BCUT2D eigenvalue weighted by atomic mass is 32.1. The standard InChI is InChI=1S/C13H16FN5OS/c1-4-11(20)18-13-17-8(3)16-12(19-13)15-7(2)10-5-9(14)6-21-10/h5-7H,4H2,1-3H3,(H2,15,16,17,18,19,20). The Bertz CT molecular complexity index is 645. The predicted octanol–water partition coefficient (Wildman–Crippen LogP) is 2.90. The second kappa shape index (κ2) is 6.57. The number of aromatic nitrogens is 3. The summed E-state index contributed by atoms with van der Waals surface area (Å²) in [4.78, 5) is 24.6. The summed E-state index contributed by atoms with van der Waals surface area (Å²) in [6.07, 6.45) is 0.346. The van der Waals surface area contributed by atoms with Crippen LogP contribution in [0.4, 0.5) is 16.3 Å². The van der Waals surface area contributed by atoms with Gasteiger partial charge in [-0.25, -0.2) is 4.39 Å². The number of aryl methyl sites for hydroxylation is 1. The summed E-state index contributed by atoms with van der Waals surface area (Å²) >= 11 is 1.32. The van der Waals surface area contributed by atoms with E-state index in [1.165, 1.54) is 22.8 Å². The Balaban J connectivity index is 2.14. The normalized spacial score (nSPS) is 12.0. The number of carbonyl (C=O) groups excluding carboxylic acids is 1. The van der Waals surface area contributed by atoms with Crippen LogP contribution in [0.25, 0.3) is 0 Å². The van der Waals surface area contributed by atoms with Gasteiger partial charge >= 0.3 is 0 Å². The molecule has 0 fully saturated rings. The van der Waals surface area contributed by atoms with E-state index < -0.39 is 0 Å². The predicted molar refractivity (Wildman–Crippen MR) is 79.8 cm³/mol. The minimum absolute atomic E-state index is 0.143. The molecule has 0 aliphatic rings. The highest BCUT2D eigenvalue weighted by Crippen LogP contribution is 2.23. The zero-order valence-corrected chi connectivity index (χ0v) is 12.8. The maximum Gasteiger partial charge on any atom is 0.234 e. The summed E-state index contributed by atoms with van der Waals surface area (Å²) in [6, 6.07) is 1.33. The van der Waals surface area contributed by atoms with Crippen molar-refractivity contribution in [2.45, 2.75) is 33.2 Å². The number of thiophene rings is 1. The molecule has 1 atom stereocenters.